The van der Waals surface area contributed by atoms with Crippen molar-refractivity contribution >= 4 is 15.9 Å². The van der Waals surface area contributed by atoms with Gasteiger partial charge < -0.3 is 5.32 Å². The van der Waals surface area contributed by atoms with Gasteiger partial charge in [-0.25, -0.2) is 4.39 Å². The molecule has 0 fully saturated rings. The van der Waals surface area contributed by atoms with Crippen LogP contribution in [0.15, 0.2) is 46.9 Å². The molecule has 0 aliphatic rings. The number of benzene rings is 2. The molecule has 0 aliphatic carbocycles. The van der Waals surface area contributed by atoms with Crippen LogP contribution in [0.5, 0.6) is 0 Å². The lowest BCUT2D eigenvalue weighted by molar-refractivity contribution is 0.557. The van der Waals surface area contributed by atoms with Crippen molar-refractivity contribution in [3.05, 3.63) is 69.4 Å². The topological polar surface area (TPSA) is 12.0 Å². The Morgan fingerprint density at radius 2 is 1.89 bits per heavy atom. The van der Waals surface area contributed by atoms with Crippen LogP contribution in [0.25, 0.3) is 0 Å². The lowest BCUT2D eigenvalue weighted by atomic mass is 9.94. The Morgan fingerprint density at radius 3 is 2.53 bits per heavy atom. The maximum atomic E-state index is 14.2. The van der Waals surface area contributed by atoms with E-state index in [1.165, 1.54) is 6.07 Å². The van der Waals surface area contributed by atoms with Gasteiger partial charge in [0.15, 0.2) is 0 Å². The zero-order valence-electron chi connectivity index (χ0n) is 11.1. The Balaban J connectivity index is 2.48. The second-order valence-electron chi connectivity index (χ2n) is 4.51. The molecule has 1 unspecified atom stereocenters. The fraction of sp³-hybridized carbons (Fsp3) is 0.250. The molecule has 0 spiro atoms. The summed E-state index contributed by atoms with van der Waals surface area (Å²) in [4.78, 5) is 0. The maximum absolute atomic E-state index is 14.2. The average Bonchev–Trinajstić information content (AvgIpc) is 2.38. The largest absolute Gasteiger partial charge is 0.306 e. The van der Waals surface area contributed by atoms with E-state index >= 15 is 0 Å². The molecule has 0 heterocycles. The molecule has 0 bridgehead atoms. The summed E-state index contributed by atoms with van der Waals surface area (Å²) < 4.78 is 14.9. The van der Waals surface area contributed by atoms with E-state index in [4.69, 9.17) is 0 Å². The number of rotatable bonds is 4. The summed E-state index contributed by atoms with van der Waals surface area (Å²) in [5, 5.41) is 3.36. The Labute approximate surface area is 122 Å². The van der Waals surface area contributed by atoms with Gasteiger partial charge in [0.1, 0.15) is 5.82 Å². The SMILES string of the molecule is CCNC(c1ccccc1C)c1ccc(Br)cc1F. The van der Waals surface area contributed by atoms with Crippen LogP contribution in [0.4, 0.5) is 4.39 Å². The van der Waals surface area contributed by atoms with Gasteiger partial charge in [0.05, 0.1) is 6.04 Å². The van der Waals surface area contributed by atoms with Crippen molar-refractivity contribution in [3.8, 4) is 0 Å². The molecule has 19 heavy (non-hydrogen) atoms. The highest BCUT2D eigenvalue weighted by Crippen LogP contribution is 2.28. The van der Waals surface area contributed by atoms with Crippen LogP contribution in [0, 0.1) is 12.7 Å². The lowest BCUT2D eigenvalue weighted by Crippen LogP contribution is -2.23. The Hall–Kier alpha value is -1.19. The van der Waals surface area contributed by atoms with E-state index in [9.17, 15) is 4.39 Å². The fourth-order valence-corrected chi connectivity index (χ4v) is 2.57. The predicted molar refractivity (Wildman–Crippen MR) is 80.8 cm³/mol. The van der Waals surface area contributed by atoms with Crippen LogP contribution in [0.3, 0.4) is 0 Å². The van der Waals surface area contributed by atoms with Crippen molar-refractivity contribution < 1.29 is 4.39 Å². The molecule has 0 saturated heterocycles. The van der Waals surface area contributed by atoms with Crippen LogP contribution < -0.4 is 5.32 Å². The smallest absolute Gasteiger partial charge is 0.129 e. The molecule has 0 radical (unpaired) electrons. The highest BCUT2D eigenvalue weighted by Gasteiger charge is 2.18. The van der Waals surface area contributed by atoms with Crippen molar-refractivity contribution in [1.82, 2.24) is 5.32 Å². The second kappa shape index (κ2) is 6.31. The molecular formula is C16H17BrFN. The van der Waals surface area contributed by atoms with Crippen molar-refractivity contribution in [2.75, 3.05) is 6.54 Å². The highest BCUT2D eigenvalue weighted by molar-refractivity contribution is 9.10. The molecule has 2 aromatic rings. The molecule has 0 aliphatic heterocycles. The third kappa shape index (κ3) is 3.23. The van der Waals surface area contributed by atoms with Crippen molar-refractivity contribution in [2.24, 2.45) is 0 Å². The summed E-state index contributed by atoms with van der Waals surface area (Å²) in [6.07, 6.45) is 0. The number of hydrogen-bond acceptors (Lipinski definition) is 1. The van der Waals surface area contributed by atoms with E-state index < -0.39 is 0 Å². The van der Waals surface area contributed by atoms with E-state index in [2.05, 4.69) is 34.2 Å². The van der Waals surface area contributed by atoms with E-state index in [1.807, 2.05) is 37.3 Å². The quantitative estimate of drug-likeness (QED) is 0.868. The number of hydrogen-bond donors (Lipinski definition) is 1. The summed E-state index contributed by atoms with van der Waals surface area (Å²) in [5.41, 5.74) is 2.96. The minimum atomic E-state index is -0.191. The lowest BCUT2D eigenvalue weighted by Gasteiger charge is -2.21. The standard InChI is InChI=1S/C16H17BrFN/c1-3-19-16(13-7-5-4-6-11(13)2)14-9-8-12(17)10-15(14)18/h4-10,16,19H,3H2,1-2H3. The average molecular weight is 322 g/mol. The van der Waals surface area contributed by atoms with Crippen LogP contribution in [0.2, 0.25) is 0 Å². The van der Waals surface area contributed by atoms with Gasteiger partial charge in [-0.15, -0.1) is 0 Å². The fourth-order valence-electron chi connectivity index (χ4n) is 2.24. The third-order valence-corrected chi connectivity index (χ3v) is 3.67. The first-order chi connectivity index (χ1) is 9.13. The van der Waals surface area contributed by atoms with Crippen molar-refractivity contribution in [3.63, 3.8) is 0 Å². The molecule has 2 rings (SSSR count). The normalized spacial score (nSPS) is 12.4. The van der Waals surface area contributed by atoms with Crippen LogP contribution in [0.1, 0.15) is 29.7 Å². The predicted octanol–water partition coefficient (Wildman–Crippen LogP) is 4.60. The van der Waals surface area contributed by atoms with Gasteiger partial charge in [0.2, 0.25) is 0 Å². The van der Waals surface area contributed by atoms with E-state index in [1.54, 1.807) is 0 Å². The van der Waals surface area contributed by atoms with Gasteiger partial charge in [-0.2, -0.15) is 0 Å². The zero-order chi connectivity index (χ0) is 13.8. The summed E-state index contributed by atoms with van der Waals surface area (Å²) in [6, 6.07) is 13.2. The minimum absolute atomic E-state index is 0.112. The Bertz CT molecular complexity index is 568. The number of aryl methyl sites for hydroxylation is 1. The molecule has 1 atom stereocenters. The van der Waals surface area contributed by atoms with Gasteiger partial charge in [-0.05, 0) is 36.7 Å². The molecule has 1 N–H and O–H groups in total. The summed E-state index contributed by atoms with van der Waals surface area (Å²) in [7, 11) is 0. The number of nitrogens with one attached hydrogen (secondary N) is 1. The van der Waals surface area contributed by atoms with E-state index in [0.717, 1.165) is 22.1 Å². The van der Waals surface area contributed by atoms with Gasteiger partial charge in [-0.3, -0.25) is 0 Å². The monoisotopic (exact) mass is 321 g/mol. The molecule has 3 heteroatoms. The van der Waals surface area contributed by atoms with Crippen LogP contribution >= 0.6 is 15.9 Å². The summed E-state index contributed by atoms with van der Waals surface area (Å²) >= 11 is 3.29. The molecule has 2 aromatic carbocycles. The first-order valence-corrected chi connectivity index (χ1v) is 7.16. The minimum Gasteiger partial charge on any atom is -0.306 e. The van der Waals surface area contributed by atoms with Gasteiger partial charge in [0.25, 0.3) is 0 Å². The third-order valence-electron chi connectivity index (χ3n) is 3.18. The van der Waals surface area contributed by atoms with Crippen LogP contribution in [-0.2, 0) is 0 Å². The summed E-state index contributed by atoms with van der Waals surface area (Å²) in [6.45, 7) is 4.87. The first kappa shape index (κ1) is 14.2. The van der Waals surface area contributed by atoms with Gasteiger partial charge >= 0.3 is 0 Å². The molecule has 1 nitrogen and oxygen atoms in total. The highest BCUT2D eigenvalue weighted by atomic mass is 79.9. The second-order valence-corrected chi connectivity index (χ2v) is 5.43. The van der Waals surface area contributed by atoms with Crippen molar-refractivity contribution in [2.45, 2.75) is 19.9 Å². The van der Waals surface area contributed by atoms with Gasteiger partial charge in [0, 0.05) is 10.0 Å². The first-order valence-electron chi connectivity index (χ1n) is 6.37. The van der Waals surface area contributed by atoms with E-state index in [0.29, 0.717) is 5.56 Å². The maximum Gasteiger partial charge on any atom is 0.129 e. The number of halogens is 2. The van der Waals surface area contributed by atoms with E-state index in [-0.39, 0.29) is 11.9 Å². The molecule has 0 amide bonds. The van der Waals surface area contributed by atoms with Gasteiger partial charge in [-0.1, -0.05) is 53.2 Å². The molecule has 100 valence electrons. The molecule has 0 saturated carbocycles. The van der Waals surface area contributed by atoms with Crippen molar-refractivity contribution in [1.29, 1.82) is 0 Å². The molecular weight excluding hydrogens is 305 g/mol. The Morgan fingerprint density at radius 1 is 1.16 bits per heavy atom. The van der Waals surface area contributed by atoms with Crippen LogP contribution in [-0.4, -0.2) is 6.54 Å². The molecule has 0 aromatic heterocycles. The Kier molecular flexibility index (Phi) is 4.72. The zero-order valence-corrected chi connectivity index (χ0v) is 12.7. The summed E-state index contributed by atoms with van der Waals surface area (Å²) in [5.74, 6) is -0.191.